The molecule has 0 saturated carbocycles. The second-order valence-electron chi connectivity index (χ2n) is 5.69. The molecule has 3 N–H and O–H groups in total. The Hall–Kier alpha value is -2.36. The van der Waals surface area contributed by atoms with E-state index in [0.717, 1.165) is 0 Å². The molecular formula is C17H18FN3O3S2. The molecule has 0 radical (unpaired) electrons. The van der Waals surface area contributed by atoms with Gasteiger partial charge in [-0.15, -0.1) is 0 Å². The molecule has 0 spiro atoms. The fraction of sp³-hybridized carbons (Fsp3) is 0.176. The molecular weight excluding hydrogens is 377 g/mol. The predicted octanol–water partition coefficient (Wildman–Crippen LogP) is 2.64. The maximum absolute atomic E-state index is 13.6. The van der Waals surface area contributed by atoms with Gasteiger partial charge in [0.05, 0.1) is 10.5 Å². The highest BCUT2D eigenvalue weighted by Gasteiger charge is 2.15. The van der Waals surface area contributed by atoms with Gasteiger partial charge in [-0.3, -0.25) is 10.1 Å². The normalized spacial score (nSPS) is 11.2. The van der Waals surface area contributed by atoms with Crippen LogP contribution in [0, 0.1) is 5.82 Å². The lowest BCUT2D eigenvalue weighted by Gasteiger charge is -2.12. The predicted molar refractivity (Wildman–Crippen MR) is 102 cm³/mol. The van der Waals surface area contributed by atoms with Gasteiger partial charge in [0.25, 0.3) is 5.91 Å². The Morgan fingerprint density at radius 3 is 2.27 bits per heavy atom. The molecule has 0 heterocycles. The van der Waals surface area contributed by atoms with Gasteiger partial charge in [-0.05, 0) is 62.5 Å². The molecule has 2 rings (SSSR count). The van der Waals surface area contributed by atoms with Gasteiger partial charge in [-0.25, -0.2) is 17.5 Å². The van der Waals surface area contributed by atoms with Gasteiger partial charge in [0.2, 0.25) is 10.0 Å². The number of hydrogen-bond acceptors (Lipinski definition) is 4. The van der Waals surface area contributed by atoms with E-state index in [9.17, 15) is 17.6 Å². The third-order valence-electron chi connectivity index (χ3n) is 3.16. The summed E-state index contributed by atoms with van der Waals surface area (Å²) < 4.78 is 40.2. The summed E-state index contributed by atoms with van der Waals surface area (Å²) in [5.41, 5.74) is 0.352. The minimum atomic E-state index is -3.59. The number of rotatable bonds is 5. The molecule has 0 fully saturated rings. The number of sulfonamides is 1. The topological polar surface area (TPSA) is 87.3 Å². The fourth-order valence-electron chi connectivity index (χ4n) is 2.07. The lowest BCUT2D eigenvalue weighted by Crippen LogP contribution is -2.34. The van der Waals surface area contributed by atoms with Crippen LogP contribution >= 0.6 is 12.2 Å². The summed E-state index contributed by atoms with van der Waals surface area (Å²) in [6.45, 7) is 3.45. The summed E-state index contributed by atoms with van der Waals surface area (Å²) in [6, 6.07) is 11.2. The van der Waals surface area contributed by atoms with E-state index in [4.69, 9.17) is 12.2 Å². The molecule has 2 aromatic rings. The second-order valence-corrected chi connectivity index (χ2v) is 7.81. The van der Waals surface area contributed by atoms with Crippen molar-refractivity contribution in [3.05, 3.63) is 59.9 Å². The van der Waals surface area contributed by atoms with Gasteiger partial charge in [-0.1, -0.05) is 12.1 Å². The molecule has 0 aliphatic rings. The van der Waals surface area contributed by atoms with Crippen molar-refractivity contribution in [1.29, 1.82) is 0 Å². The number of hydrogen-bond donors (Lipinski definition) is 3. The highest BCUT2D eigenvalue weighted by atomic mass is 32.2. The van der Waals surface area contributed by atoms with Crippen LogP contribution in [0.2, 0.25) is 0 Å². The van der Waals surface area contributed by atoms with Crippen LogP contribution in [-0.4, -0.2) is 25.5 Å². The lowest BCUT2D eigenvalue weighted by molar-refractivity contribution is 0.0974. The molecule has 0 bridgehead atoms. The minimum Gasteiger partial charge on any atom is -0.332 e. The second kappa shape index (κ2) is 8.35. The molecule has 9 heteroatoms. The summed E-state index contributed by atoms with van der Waals surface area (Å²) in [7, 11) is -3.59. The Morgan fingerprint density at radius 2 is 1.69 bits per heavy atom. The molecule has 0 saturated heterocycles. The van der Waals surface area contributed by atoms with Crippen LogP contribution in [-0.2, 0) is 10.0 Å². The maximum atomic E-state index is 13.6. The van der Waals surface area contributed by atoms with Crippen molar-refractivity contribution in [1.82, 2.24) is 10.0 Å². The molecule has 0 aliphatic carbocycles. The average molecular weight is 395 g/mol. The van der Waals surface area contributed by atoms with Crippen LogP contribution in [0.3, 0.4) is 0 Å². The van der Waals surface area contributed by atoms with Gasteiger partial charge in [0.15, 0.2) is 5.11 Å². The van der Waals surface area contributed by atoms with Crippen molar-refractivity contribution in [2.24, 2.45) is 0 Å². The van der Waals surface area contributed by atoms with Crippen LogP contribution in [0.25, 0.3) is 0 Å². The third-order valence-corrected chi connectivity index (χ3v) is 5.04. The van der Waals surface area contributed by atoms with Crippen molar-refractivity contribution in [3.8, 4) is 0 Å². The Bertz CT molecular complexity index is 913. The number of nitrogens with one attached hydrogen (secondary N) is 3. The maximum Gasteiger partial charge on any atom is 0.260 e. The first kappa shape index (κ1) is 20.0. The van der Waals surface area contributed by atoms with E-state index in [-0.39, 0.29) is 21.6 Å². The molecule has 1 amide bonds. The molecule has 0 unspecified atom stereocenters. The zero-order chi connectivity index (χ0) is 19.3. The van der Waals surface area contributed by atoms with Crippen LogP contribution in [0.4, 0.5) is 10.1 Å². The van der Waals surface area contributed by atoms with Crippen LogP contribution in [0.1, 0.15) is 24.2 Å². The Balaban J connectivity index is 2.02. The number of halogens is 1. The van der Waals surface area contributed by atoms with Gasteiger partial charge in [0, 0.05) is 11.7 Å². The van der Waals surface area contributed by atoms with E-state index in [2.05, 4.69) is 15.4 Å². The van der Waals surface area contributed by atoms with Crippen LogP contribution in [0.15, 0.2) is 53.4 Å². The molecule has 0 aromatic heterocycles. The summed E-state index contributed by atoms with van der Waals surface area (Å²) in [6.07, 6.45) is 0. The first-order chi connectivity index (χ1) is 12.2. The monoisotopic (exact) mass is 395 g/mol. The molecule has 138 valence electrons. The van der Waals surface area contributed by atoms with E-state index in [0.29, 0.717) is 5.69 Å². The van der Waals surface area contributed by atoms with E-state index in [1.54, 1.807) is 19.9 Å². The summed E-state index contributed by atoms with van der Waals surface area (Å²) in [5.74, 6) is -1.33. The minimum absolute atomic E-state index is 0.0332. The molecule has 0 aliphatic heterocycles. The first-order valence-corrected chi connectivity index (χ1v) is 9.57. The van der Waals surface area contributed by atoms with Gasteiger partial charge in [-0.2, -0.15) is 0 Å². The van der Waals surface area contributed by atoms with E-state index < -0.39 is 21.7 Å². The number of carbonyl (C=O) groups is 1. The smallest absolute Gasteiger partial charge is 0.260 e. The fourth-order valence-corrected chi connectivity index (χ4v) is 3.54. The quantitative estimate of drug-likeness (QED) is 0.678. The molecule has 2 aromatic carbocycles. The van der Waals surface area contributed by atoms with Crippen LogP contribution in [0.5, 0.6) is 0 Å². The summed E-state index contributed by atoms with van der Waals surface area (Å²) in [4.78, 5) is 12.1. The van der Waals surface area contributed by atoms with Crippen molar-refractivity contribution >= 4 is 38.9 Å². The highest BCUT2D eigenvalue weighted by Crippen LogP contribution is 2.14. The van der Waals surface area contributed by atoms with Gasteiger partial charge < -0.3 is 5.32 Å². The number of benzene rings is 2. The van der Waals surface area contributed by atoms with E-state index >= 15 is 0 Å². The largest absolute Gasteiger partial charge is 0.332 e. The lowest BCUT2D eigenvalue weighted by atomic mass is 10.2. The van der Waals surface area contributed by atoms with Crippen molar-refractivity contribution in [2.75, 3.05) is 5.32 Å². The van der Waals surface area contributed by atoms with Crippen molar-refractivity contribution in [2.45, 2.75) is 24.8 Å². The Labute approximate surface area is 156 Å². The van der Waals surface area contributed by atoms with Crippen molar-refractivity contribution in [3.63, 3.8) is 0 Å². The average Bonchev–Trinajstić information content (AvgIpc) is 2.54. The zero-order valence-electron chi connectivity index (χ0n) is 14.1. The third kappa shape index (κ3) is 5.32. The standard InChI is InChI=1S/C17H18FN3O3S2/c1-11(2)21-26(23,24)13-9-7-12(8-10-13)19-17(25)20-16(22)14-5-3-4-6-15(14)18/h3-11,21H,1-2H3,(H2,19,20,22,25). The van der Waals surface area contributed by atoms with Crippen molar-refractivity contribution < 1.29 is 17.6 Å². The Morgan fingerprint density at radius 1 is 1.08 bits per heavy atom. The number of carbonyl (C=O) groups excluding carboxylic acids is 1. The highest BCUT2D eigenvalue weighted by molar-refractivity contribution is 7.89. The number of anilines is 1. The zero-order valence-corrected chi connectivity index (χ0v) is 15.7. The molecule has 0 atom stereocenters. The number of thiocarbonyl (C=S) groups is 1. The summed E-state index contributed by atoms with van der Waals surface area (Å²) >= 11 is 5.02. The number of amides is 1. The van der Waals surface area contributed by atoms with Crippen LogP contribution < -0.4 is 15.4 Å². The SMILES string of the molecule is CC(C)NS(=O)(=O)c1ccc(NC(=S)NC(=O)c2ccccc2F)cc1. The Kier molecular flexibility index (Phi) is 6.41. The van der Waals surface area contributed by atoms with Gasteiger partial charge in [0.1, 0.15) is 5.82 Å². The summed E-state index contributed by atoms with van der Waals surface area (Å²) in [5, 5.41) is 5.08. The first-order valence-electron chi connectivity index (χ1n) is 7.68. The molecule has 6 nitrogen and oxygen atoms in total. The van der Waals surface area contributed by atoms with Gasteiger partial charge >= 0.3 is 0 Å². The van der Waals surface area contributed by atoms with E-state index in [1.807, 2.05) is 0 Å². The molecule has 26 heavy (non-hydrogen) atoms. The van der Waals surface area contributed by atoms with E-state index in [1.165, 1.54) is 42.5 Å².